The minimum Gasteiger partial charge on any atom is -0.363 e. The standard InChI is InChI=1S/C11H19ClN2O3/c1-7(12)10(15)13-6-8-4-5-9(17-8)11(16)14(2)3/h7-9H,4-6H2,1-3H3,(H,13,15). The monoisotopic (exact) mass is 262 g/mol. The highest BCUT2D eigenvalue weighted by atomic mass is 35.5. The van der Waals surface area contributed by atoms with Crippen molar-refractivity contribution in [2.45, 2.75) is 37.4 Å². The molecular formula is C11H19ClN2O3. The van der Waals surface area contributed by atoms with Crippen molar-refractivity contribution in [2.75, 3.05) is 20.6 Å². The van der Waals surface area contributed by atoms with Crippen molar-refractivity contribution in [3.05, 3.63) is 0 Å². The summed E-state index contributed by atoms with van der Waals surface area (Å²) in [4.78, 5) is 24.4. The quantitative estimate of drug-likeness (QED) is 0.745. The van der Waals surface area contributed by atoms with Gasteiger partial charge in [0.2, 0.25) is 5.91 Å². The Balaban J connectivity index is 2.31. The van der Waals surface area contributed by atoms with Gasteiger partial charge >= 0.3 is 0 Å². The molecule has 0 saturated carbocycles. The summed E-state index contributed by atoms with van der Waals surface area (Å²) in [6.07, 6.45) is 1.01. The molecule has 1 heterocycles. The minimum absolute atomic E-state index is 0.0236. The Morgan fingerprint density at radius 1 is 1.47 bits per heavy atom. The number of amides is 2. The Morgan fingerprint density at radius 2 is 2.12 bits per heavy atom. The first-order valence-corrected chi connectivity index (χ1v) is 6.14. The largest absolute Gasteiger partial charge is 0.363 e. The maximum atomic E-state index is 11.6. The molecule has 1 aliphatic heterocycles. The highest BCUT2D eigenvalue weighted by Gasteiger charge is 2.31. The molecule has 3 unspecified atom stereocenters. The van der Waals surface area contributed by atoms with Crippen molar-refractivity contribution in [2.24, 2.45) is 0 Å². The summed E-state index contributed by atoms with van der Waals surface area (Å²) in [5.41, 5.74) is 0. The van der Waals surface area contributed by atoms with Crippen molar-refractivity contribution < 1.29 is 14.3 Å². The zero-order valence-electron chi connectivity index (χ0n) is 10.4. The van der Waals surface area contributed by atoms with Crippen molar-refractivity contribution in [3.8, 4) is 0 Å². The summed E-state index contributed by atoms with van der Waals surface area (Å²) in [5, 5.41) is 2.15. The lowest BCUT2D eigenvalue weighted by molar-refractivity contribution is -0.140. The van der Waals surface area contributed by atoms with Crippen LogP contribution in [0, 0.1) is 0 Å². The maximum Gasteiger partial charge on any atom is 0.251 e. The van der Waals surface area contributed by atoms with Crippen LogP contribution in [-0.4, -0.2) is 54.9 Å². The molecule has 3 atom stereocenters. The van der Waals surface area contributed by atoms with Gasteiger partial charge in [-0.25, -0.2) is 0 Å². The van der Waals surface area contributed by atoms with Crippen molar-refractivity contribution in [1.82, 2.24) is 10.2 Å². The lowest BCUT2D eigenvalue weighted by Gasteiger charge is -2.17. The molecule has 1 aliphatic rings. The summed E-state index contributed by atoms with van der Waals surface area (Å²) in [6, 6.07) is 0. The van der Waals surface area contributed by atoms with E-state index >= 15 is 0 Å². The molecule has 0 aromatic carbocycles. The van der Waals surface area contributed by atoms with Gasteiger partial charge in [-0.2, -0.15) is 0 Å². The highest BCUT2D eigenvalue weighted by Crippen LogP contribution is 2.20. The Labute approximate surface area is 106 Å². The van der Waals surface area contributed by atoms with Crippen LogP contribution in [0.2, 0.25) is 0 Å². The van der Waals surface area contributed by atoms with E-state index in [0.29, 0.717) is 13.0 Å². The predicted molar refractivity (Wildman–Crippen MR) is 64.9 cm³/mol. The van der Waals surface area contributed by atoms with E-state index in [1.54, 1.807) is 21.0 Å². The smallest absolute Gasteiger partial charge is 0.251 e. The normalized spacial score (nSPS) is 25.4. The number of carbonyl (C=O) groups excluding carboxylic acids is 2. The Kier molecular flexibility index (Phi) is 5.21. The van der Waals surface area contributed by atoms with Gasteiger partial charge in [0.1, 0.15) is 11.5 Å². The number of rotatable bonds is 4. The SMILES string of the molecule is CC(Cl)C(=O)NCC1CCC(C(=O)N(C)C)O1. The maximum absolute atomic E-state index is 11.6. The Hall–Kier alpha value is -0.810. The highest BCUT2D eigenvalue weighted by molar-refractivity contribution is 6.30. The molecule has 6 heteroatoms. The second kappa shape index (κ2) is 6.21. The van der Waals surface area contributed by atoms with Gasteiger partial charge in [0.05, 0.1) is 6.10 Å². The fraction of sp³-hybridized carbons (Fsp3) is 0.818. The third kappa shape index (κ3) is 4.16. The number of carbonyl (C=O) groups is 2. The first-order chi connectivity index (χ1) is 7.91. The number of nitrogens with zero attached hydrogens (tertiary/aromatic N) is 1. The van der Waals surface area contributed by atoms with Crippen molar-refractivity contribution in [3.63, 3.8) is 0 Å². The average Bonchev–Trinajstić information content (AvgIpc) is 2.72. The topological polar surface area (TPSA) is 58.6 Å². The van der Waals surface area contributed by atoms with Crippen LogP contribution in [0.4, 0.5) is 0 Å². The average molecular weight is 263 g/mol. The van der Waals surface area contributed by atoms with Crippen LogP contribution in [0.3, 0.4) is 0 Å². The lowest BCUT2D eigenvalue weighted by atomic mass is 10.2. The molecule has 1 N–H and O–H groups in total. The van der Waals surface area contributed by atoms with Crippen LogP contribution in [0.1, 0.15) is 19.8 Å². The Bertz CT molecular complexity index is 294. The number of hydrogen-bond acceptors (Lipinski definition) is 3. The van der Waals surface area contributed by atoms with Gasteiger partial charge in [0.25, 0.3) is 5.91 Å². The predicted octanol–water partition coefficient (Wildman–Crippen LogP) is 0.366. The number of likely N-dealkylation sites (N-methyl/N-ethyl adjacent to an activating group) is 1. The molecule has 17 heavy (non-hydrogen) atoms. The van der Waals surface area contributed by atoms with Gasteiger partial charge < -0.3 is 15.0 Å². The molecule has 1 saturated heterocycles. The van der Waals surface area contributed by atoms with Crippen molar-refractivity contribution in [1.29, 1.82) is 0 Å². The molecule has 0 spiro atoms. The van der Waals surface area contributed by atoms with Crippen LogP contribution < -0.4 is 5.32 Å². The van der Waals surface area contributed by atoms with Crippen LogP contribution in [0.25, 0.3) is 0 Å². The summed E-state index contributed by atoms with van der Waals surface area (Å²) in [7, 11) is 3.41. The number of halogens is 1. The summed E-state index contributed by atoms with van der Waals surface area (Å²) in [6.45, 7) is 2.03. The van der Waals surface area contributed by atoms with Gasteiger partial charge in [-0.15, -0.1) is 11.6 Å². The molecule has 1 rings (SSSR count). The number of nitrogens with one attached hydrogen (secondary N) is 1. The van der Waals surface area contributed by atoms with E-state index in [-0.39, 0.29) is 24.0 Å². The third-order valence-electron chi connectivity index (χ3n) is 2.69. The molecular weight excluding hydrogens is 244 g/mol. The molecule has 0 aromatic rings. The van der Waals surface area contributed by atoms with Crippen LogP contribution in [-0.2, 0) is 14.3 Å². The first-order valence-electron chi connectivity index (χ1n) is 5.70. The fourth-order valence-corrected chi connectivity index (χ4v) is 1.76. The molecule has 2 amide bonds. The summed E-state index contributed by atoms with van der Waals surface area (Å²) in [5.74, 6) is -0.234. The van der Waals surface area contributed by atoms with Crippen molar-refractivity contribution >= 4 is 23.4 Å². The molecule has 1 fully saturated rings. The van der Waals surface area contributed by atoms with E-state index in [0.717, 1.165) is 6.42 Å². The molecule has 0 bridgehead atoms. The van der Waals surface area contributed by atoms with E-state index in [9.17, 15) is 9.59 Å². The summed E-state index contributed by atoms with van der Waals surface area (Å²) >= 11 is 5.62. The van der Waals surface area contributed by atoms with Crippen LogP contribution >= 0.6 is 11.6 Å². The van der Waals surface area contributed by atoms with E-state index in [1.165, 1.54) is 4.90 Å². The zero-order chi connectivity index (χ0) is 13.0. The third-order valence-corrected chi connectivity index (χ3v) is 2.89. The van der Waals surface area contributed by atoms with Crippen LogP contribution in [0.5, 0.6) is 0 Å². The minimum atomic E-state index is -0.546. The molecule has 0 aliphatic carbocycles. The van der Waals surface area contributed by atoms with Crippen LogP contribution in [0.15, 0.2) is 0 Å². The second-order valence-electron chi connectivity index (χ2n) is 4.42. The molecule has 0 radical (unpaired) electrons. The number of ether oxygens (including phenoxy) is 1. The van der Waals surface area contributed by atoms with Gasteiger partial charge in [-0.1, -0.05) is 0 Å². The number of alkyl halides is 1. The van der Waals surface area contributed by atoms with Gasteiger partial charge in [0.15, 0.2) is 0 Å². The number of hydrogen-bond donors (Lipinski definition) is 1. The van der Waals surface area contributed by atoms with Gasteiger partial charge in [-0.3, -0.25) is 9.59 Å². The van der Waals surface area contributed by atoms with E-state index < -0.39 is 5.38 Å². The zero-order valence-corrected chi connectivity index (χ0v) is 11.2. The van der Waals surface area contributed by atoms with Gasteiger partial charge in [-0.05, 0) is 19.8 Å². The Morgan fingerprint density at radius 3 is 2.65 bits per heavy atom. The summed E-state index contributed by atoms with van der Waals surface area (Å²) < 4.78 is 5.57. The van der Waals surface area contributed by atoms with E-state index in [1.807, 2.05) is 0 Å². The van der Waals surface area contributed by atoms with Gasteiger partial charge in [0, 0.05) is 20.6 Å². The second-order valence-corrected chi connectivity index (χ2v) is 5.07. The van der Waals surface area contributed by atoms with E-state index in [4.69, 9.17) is 16.3 Å². The lowest BCUT2D eigenvalue weighted by Crippen LogP contribution is -2.38. The molecule has 0 aromatic heterocycles. The fourth-order valence-electron chi connectivity index (χ4n) is 1.68. The molecule has 5 nitrogen and oxygen atoms in total. The first kappa shape index (κ1) is 14.3. The van der Waals surface area contributed by atoms with E-state index in [2.05, 4.69) is 5.32 Å². The molecule has 98 valence electrons.